The summed E-state index contributed by atoms with van der Waals surface area (Å²) >= 11 is 1.44. The summed E-state index contributed by atoms with van der Waals surface area (Å²) in [7, 11) is 0. The molecule has 24 heavy (non-hydrogen) atoms. The highest BCUT2D eigenvalue weighted by Gasteiger charge is 2.85. The maximum Gasteiger partial charge on any atom is 0.408 e. The van der Waals surface area contributed by atoms with E-state index in [0.29, 0.717) is 6.42 Å². The van der Waals surface area contributed by atoms with Crippen molar-refractivity contribution in [2.24, 2.45) is 0 Å². The third-order valence-corrected chi connectivity index (χ3v) is 6.74. The van der Waals surface area contributed by atoms with Gasteiger partial charge in [0.2, 0.25) is 5.91 Å². The molecule has 2 N–H and O–H groups in total. The molecule has 2 amide bonds. The number of thioether (sulfide) groups is 1. The van der Waals surface area contributed by atoms with E-state index in [0.717, 1.165) is 5.56 Å². The number of carboxylic acids is 1. The highest BCUT2D eigenvalue weighted by atomic mass is 32.2. The van der Waals surface area contributed by atoms with Crippen LogP contribution in [0.4, 0.5) is 4.79 Å². The van der Waals surface area contributed by atoms with Gasteiger partial charge < -0.3 is 20.1 Å². The lowest BCUT2D eigenvalue weighted by atomic mass is 10.0. The fourth-order valence-electron chi connectivity index (χ4n) is 3.61. The highest BCUT2D eigenvalue weighted by molar-refractivity contribution is 8.02. The van der Waals surface area contributed by atoms with Crippen LogP contribution in [0.15, 0.2) is 30.3 Å². The standard InChI is InChI=1S/C16H16N2O5S/c1-15-8-16(15,13(20)21)18-11(19)10(12(18)24-15)17-14(22)23-7-9-5-3-2-4-6-9/h2-6,10,12H,7-8H2,1H3,(H,17,22)(H,20,21)/t10-,12-,15?,16-/m1/s1. The number of benzene rings is 1. The Labute approximate surface area is 142 Å². The van der Waals surface area contributed by atoms with Gasteiger partial charge in [-0.1, -0.05) is 30.3 Å². The van der Waals surface area contributed by atoms with E-state index in [4.69, 9.17) is 4.74 Å². The van der Waals surface area contributed by atoms with Gasteiger partial charge in [0.15, 0.2) is 5.54 Å². The van der Waals surface area contributed by atoms with Crippen LogP contribution in [0.1, 0.15) is 18.9 Å². The van der Waals surface area contributed by atoms with Gasteiger partial charge in [-0.2, -0.15) is 0 Å². The Hall–Kier alpha value is -2.22. The summed E-state index contributed by atoms with van der Waals surface area (Å²) in [5.74, 6) is -1.33. The number of hydrogen-bond donors (Lipinski definition) is 2. The number of hydrogen-bond acceptors (Lipinski definition) is 5. The molecule has 8 heteroatoms. The summed E-state index contributed by atoms with van der Waals surface area (Å²) in [4.78, 5) is 37.2. The molecule has 1 unspecified atom stereocenters. The number of ether oxygens (including phenoxy) is 1. The number of alkyl carbamates (subject to hydrolysis) is 1. The topological polar surface area (TPSA) is 95.9 Å². The number of nitrogens with one attached hydrogen (secondary N) is 1. The molecule has 0 spiro atoms. The minimum absolute atomic E-state index is 0.117. The van der Waals surface area contributed by atoms with Crippen LogP contribution in [-0.4, -0.2) is 49.7 Å². The van der Waals surface area contributed by atoms with Crippen LogP contribution in [0.2, 0.25) is 0 Å². The van der Waals surface area contributed by atoms with Crippen LogP contribution >= 0.6 is 11.8 Å². The van der Waals surface area contributed by atoms with Crippen molar-refractivity contribution in [3.8, 4) is 0 Å². The van der Waals surface area contributed by atoms with E-state index in [2.05, 4.69) is 5.32 Å². The van der Waals surface area contributed by atoms with Crippen molar-refractivity contribution in [1.82, 2.24) is 10.2 Å². The molecule has 3 fully saturated rings. The van der Waals surface area contributed by atoms with Crippen LogP contribution < -0.4 is 5.32 Å². The normalized spacial score (nSPS) is 35.5. The van der Waals surface area contributed by atoms with E-state index >= 15 is 0 Å². The predicted octanol–water partition coefficient (Wildman–Crippen LogP) is 1.18. The van der Waals surface area contributed by atoms with Crippen molar-refractivity contribution in [3.63, 3.8) is 0 Å². The van der Waals surface area contributed by atoms with Crippen molar-refractivity contribution in [2.45, 2.75) is 41.7 Å². The Kier molecular flexibility index (Phi) is 3.12. The Morgan fingerprint density at radius 2 is 2.12 bits per heavy atom. The van der Waals surface area contributed by atoms with Gasteiger partial charge >= 0.3 is 12.1 Å². The van der Waals surface area contributed by atoms with Crippen molar-refractivity contribution in [2.75, 3.05) is 0 Å². The molecule has 0 aromatic heterocycles. The fraction of sp³-hybridized carbons (Fsp3) is 0.438. The second-order valence-electron chi connectivity index (χ2n) is 6.47. The molecular formula is C16H16N2O5S. The Balaban J connectivity index is 1.37. The first kappa shape index (κ1) is 15.3. The zero-order chi connectivity index (χ0) is 17.1. The van der Waals surface area contributed by atoms with E-state index < -0.39 is 28.4 Å². The third-order valence-electron chi connectivity index (χ3n) is 5.02. The van der Waals surface area contributed by atoms with E-state index in [1.807, 2.05) is 37.3 Å². The maximum atomic E-state index is 12.3. The lowest BCUT2D eigenvalue weighted by Gasteiger charge is -2.45. The Morgan fingerprint density at radius 3 is 2.79 bits per heavy atom. The van der Waals surface area contributed by atoms with E-state index in [9.17, 15) is 19.5 Å². The SMILES string of the molecule is CC12C[C@]1(C(=O)O)N1C(=O)[C@@H](NC(=O)OCc3ccccc3)[C@H]1S2. The maximum absolute atomic E-state index is 12.3. The number of carbonyl (C=O) groups is 3. The van der Waals surface area contributed by atoms with Crippen molar-refractivity contribution in [3.05, 3.63) is 35.9 Å². The molecule has 1 aliphatic carbocycles. The van der Waals surface area contributed by atoms with Crippen LogP contribution in [0.3, 0.4) is 0 Å². The van der Waals surface area contributed by atoms with Gasteiger partial charge in [-0.05, 0) is 12.5 Å². The lowest BCUT2D eigenvalue weighted by Crippen LogP contribution is -2.72. The van der Waals surface area contributed by atoms with Gasteiger partial charge in [-0.15, -0.1) is 11.8 Å². The molecule has 2 saturated heterocycles. The number of β-lactam (4-membered cyclic amide) rings is 1. The monoisotopic (exact) mass is 348 g/mol. The summed E-state index contributed by atoms with van der Waals surface area (Å²) in [5.41, 5.74) is -0.256. The molecule has 4 rings (SSSR count). The average Bonchev–Trinajstić information content (AvgIpc) is 3.10. The molecule has 2 heterocycles. The molecule has 126 valence electrons. The van der Waals surface area contributed by atoms with Gasteiger partial charge in [0, 0.05) is 6.42 Å². The zero-order valence-corrected chi connectivity index (χ0v) is 13.7. The van der Waals surface area contributed by atoms with Gasteiger partial charge in [-0.3, -0.25) is 4.79 Å². The first-order valence-electron chi connectivity index (χ1n) is 7.61. The summed E-state index contributed by atoms with van der Waals surface area (Å²) in [6, 6.07) is 8.50. The lowest BCUT2D eigenvalue weighted by molar-refractivity contribution is -0.162. The molecule has 1 saturated carbocycles. The van der Waals surface area contributed by atoms with E-state index in [1.165, 1.54) is 16.7 Å². The van der Waals surface area contributed by atoms with Crippen LogP contribution in [0, 0.1) is 0 Å². The number of aliphatic carboxylic acids is 1. The molecule has 0 bridgehead atoms. The predicted molar refractivity (Wildman–Crippen MR) is 85.2 cm³/mol. The van der Waals surface area contributed by atoms with Crippen molar-refractivity contribution in [1.29, 1.82) is 0 Å². The number of rotatable bonds is 4. The summed E-state index contributed by atoms with van der Waals surface area (Å²) in [5, 5.41) is 11.7. The number of carboxylic acid groups (broad SMARTS) is 1. The van der Waals surface area contributed by atoms with Gasteiger partial charge in [0.25, 0.3) is 0 Å². The van der Waals surface area contributed by atoms with Crippen LogP contribution in [0.5, 0.6) is 0 Å². The van der Waals surface area contributed by atoms with Crippen LogP contribution in [0.25, 0.3) is 0 Å². The van der Waals surface area contributed by atoms with Gasteiger partial charge in [0.1, 0.15) is 18.0 Å². The van der Waals surface area contributed by atoms with Gasteiger partial charge in [-0.25, -0.2) is 9.59 Å². The first-order chi connectivity index (χ1) is 11.4. The highest BCUT2D eigenvalue weighted by Crippen LogP contribution is 2.71. The number of fused-ring (bicyclic) bond motifs is 3. The minimum Gasteiger partial charge on any atom is -0.479 e. The fourth-order valence-corrected chi connectivity index (χ4v) is 5.53. The minimum atomic E-state index is -1.11. The third kappa shape index (κ3) is 1.89. The number of amides is 2. The van der Waals surface area contributed by atoms with Gasteiger partial charge in [0.05, 0.1) is 4.75 Å². The Bertz CT molecular complexity index is 741. The quantitative estimate of drug-likeness (QED) is 0.794. The molecule has 3 aliphatic rings. The molecule has 0 radical (unpaired) electrons. The summed E-state index contributed by atoms with van der Waals surface area (Å²) in [6.07, 6.45) is -0.222. The number of nitrogens with zero attached hydrogens (tertiary/aromatic N) is 1. The molecule has 2 aliphatic heterocycles. The Morgan fingerprint density at radius 1 is 1.42 bits per heavy atom. The second kappa shape index (κ2) is 4.89. The second-order valence-corrected chi connectivity index (χ2v) is 8.09. The van der Waals surface area contributed by atoms with Crippen LogP contribution in [-0.2, 0) is 20.9 Å². The summed E-state index contributed by atoms with van der Waals surface area (Å²) in [6.45, 7) is 1.97. The van der Waals surface area contributed by atoms with E-state index in [-0.39, 0.29) is 17.9 Å². The van der Waals surface area contributed by atoms with Crippen molar-refractivity contribution >= 4 is 29.7 Å². The molecule has 1 aromatic carbocycles. The zero-order valence-electron chi connectivity index (χ0n) is 12.9. The summed E-state index contributed by atoms with van der Waals surface area (Å²) < 4.78 is 4.65. The largest absolute Gasteiger partial charge is 0.479 e. The van der Waals surface area contributed by atoms with E-state index in [1.54, 1.807) is 0 Å². The molecule has 7 nitrogen and oxygen atoms in total. The number of carbonyl (C=O) groups excluding carboxylic acids is 2. The smallest absolute Gasteiger partial charge is 0.408 e. The van der Waals surface area contributed by atoms with Crippen molar-refractivity contribution < 1.29 is 24.2 Å². The molecular weight excluding hydrogens is 332 g/mol. The average molecular weight is 348 g/mol. The first-order valence-corrected chi connectivity index (χ1v) is 8.49. The molecule has 1 aromatic rings. The molecule has 4 atom stereocenters.